The summed E-state index contributed by atoms with van der Waals surface area (Å²) in [6, 6.07) is 24.1. The second kappa shape index (κ2) is 10.8. The van der Waals surface area contributed by atoms with Crippen LogP contribution in [0.5, 0.6) is 0 Å². The second-order valence-electron chi connectivity index (χ2n) is 9.37. The van der Waals surface area contributed by atoms with E-state index in [0.717, 1.165) is 34.1 Å². The molecule has 200 valence electrons. The van der Waals surface area contributed by atoms with Crippen LogP contribution in [0.4, 0.5) is 0 Å². The number of thiazole rings is 1. The largest absolute Gasteiger partial charge is 0.463 e. The lowest BCUT2D eigenvalue weighted by Crippen LogP contribution is -2.40. The number of esters is 1. The highest BCUT2D eigenvalue weighted by molar-refractivity contribution is 7.07. The van der Waals surface area contributed by atoms with Gasteiger partial charge in [-0.1, -0.05) is 83.6 Å². The number of carbonyl (C=O) groups excluding carboxylic acids is 1. The number of rotatable bonds is 6. The summed E-state index contributed by atoms with van der Waals surface area (Å²) in [7, 11) is 0. The minimum atomic E-state index is -0.734. The fourth-order valence-corrected chi connectivity index (χ4v) is 6.31. The Morgan fingerprint density at radius 3 is 2.48 bits per heavy atom. The summed E-state index contributed by atoms with van der Waals surface area (Å²) in [5, 5.41) is 1.63. The van der Waals surface area contributed by atoms with Crippen molar-refractivity contribution in [3.63, 3.8) is 0 Å². The number of halogens is 1. The van der Waals surface area contributed by atoms with Crippen molar-refractivity contribution in [1.82, 2.24) is 9.13 Å². The molecule has 2 aromatic heterocycles. The van der Waals surface area contributed by atoms with Gasteiger partial charge in [-0.15, -0.1) is 0 Å². The van der Waals surface area contributed by atoms with Gasteiger partial charge in [0.1, 0.15) is 0 Å². The first kappa shape index (κ1) is 26.0. The number of ether oxygens (including phenoxy) is 1. The van der Waals surface area contributed by atoms with Crippen LogP contribution in [0.2, 0.25) is 5.02 Å². The maximum absolute atomic E-state index is 14.1. The molecule has 0 bridgehead atoms. The molecule has 40 heavy (non-hydrogen) atoms. The molecule has 6 nitrogen and oxygen atoms in total. The molecule has 0 spiro atoms. The van der Waals surface area contributed by atoms with Gasteiger partial charge in [-0.25, -0.2) is 9.79 Å². The monoisotopic (exact) mass is 567 g/mol. The van der Waals surface area contributed by atoms with Gasteiger partial charge in [-0.05, 0) is 43.7 Å². The van der Waals surface area contributed by atoms with Gasteiger partial charge in [0, 0.05) is 39.8 Å². The van der Waals surface area contributed by atoms with E-state index >= 15 is 0 Å². The van der Waals surface area contributed by atoms with Crippen LogP contribution in [0.1, 0.15) is 36.6 Å². The number of benzene rings is 3. The number of hydrogen-bond donors (Lipinski definition) is 0. The average Bonchev–Trinajstić information content (AvgIpc) is 3.50. The summed E-state index contributed by atoms with van der Waals surface area (Å²) in [5.41, 5.74) is 4.18. The number of aromatic nitrogens is 2. The van der Waals surface area contributed by atoms with Gasteiger partial charge in [-0.2, -0.15) is 0 Å². The average molecular weight is 568 g/mol. The highest BCUT2D eigenvalue weighted by Crippen LogP contribution is 2.35. The van der Waals surface area contributed by atoms with E-state index in [1.54, 1.807) is 23.6 Å². The maximum atomic E-state index is 14.1. The molecule has 0 aliphatic carbocycles. The van der Waals surface area contributed by atoms with E-state index in [4.69, 9.17) is 21.3 Å². The molecule has 1 aliphatic rings. The topological polar surface area (TPSA) is 65.6 Å². The fraction of sp³-hybridized carbons (Fsp3) is 0.156. The summed E-state index contributed by atoms with van der Waals surface area (Å²) in [4.78, 5) is 33.1. The Balaban J connectivity index is 1.65. The highest BCUT2D eigenvalue weighted by atomic mass is 35.5. The number of para-hydroxylation sites is 1. The van der Waals surface area contributed by atoms with E-state index < -0.39 is 12.0 Å². The molecular weight excluding hydrogens is 542 g/mol. The molecule has 3 aromatic carbocycles. The predicted molar refractivity (Wildman–Crippen MR) is 160 cm³/mol. The maximum Gasteiger partial charge on any atom is 0.338 e. The number of carbonyl (C=O) groups is 1. The Hall–Kier alpha value is -4.20. The molecule has 0 unspecified atom stereocenters. The molecule has 1 aliphatic heterocycles. The Kier molecular flexibility index (Phi) is 7.00. The summed E-state index contributed by atoms with van der Waals surface area (Å²) in [6.45, 7) is 4.87. The van der Waals surface area contributed by atoms with Gasteiger partial charge in [-0.3, -0.25) is 9.36 Å². The van der Waals surface area contributed by atoms with Gasteiger partial charge in [0.2, 0.25) is 0 Å². The molecule has 5 aromatic rings. The van der Waals surface area contributed by atoms with Gasteiger partial charge < -0.3 is 9.30 Å². The summed E-state index contributed by atoms with van der Waals surface area (Å²) < 4.78 is 9.84. The lowest BCUT2D eigenvalue weighted by atomic mass is 9.93. The summed E-state index contributed by atoms with van der Waals surface area (Å²) in [5.74, 6) is -0.509. The van der Waals surface area contributed by atoms with Crippen LogP contribution < -0.4 is 14.9 Å². The van der Waals surface area contributed by atoms with Gasteiger partial charge in [0.25, 0.3) is 5.56 Å². The third-order valence-electron chi connectivity index (χ3n) is 7.01. The van der Waals surface area contributed by atoms with E-state index in [-0.39, 0.29) is 12.2 Å². The molecule has 6 rings (SSSR count). The minimum Gasteiger partial charge on any atom is -0.463 e. The minimum absolute atomic E-state index is 0.198. The summed E-state index contributed by atoms with van der Waals surface area (Å²) >= 11 is 7.53. The number of aryl methyl sites for hydroxylation is 1. The van der Waals surface area contributed by atoms with Crippen molar-refractivity contribution in [1.29, 1.82) is 0 Å². The molecule has 0 saturated heterocycles. The SMILES string of the molecule is CCOC(=O)C1=C(c2ccccc2)N=c2s/c(=C\c3cn(CC)c4ccccc34)c(=O)n2[C@@H]1c1ccc(Cl)cc1. The Morgan fingerprint density at radius 1 is 1.02 bits per heavy atom. The van der Waals surface area contributed by atoms with Crippen LogP contribution in [-0.2, 0) is 16.1 Å². The van der Waals surface area contributed by atoms with Gasteiger partial charge in [0.05, 0.1) is 28.5 Å². The van der Waals surface area contributed by atoms with E-state index in [0.29, 0.717) is 25.6 Å². The molecule has 3 heterocycles. The fourth-order valence-electron chi connectivity index (χ4n) is 5.19. The lowest BCUT2D eigenvalue weighted by molar-refractivity contribution is -0.138. The van der Waals surface area contributed by atoms with Crippen molar-refractivity contribution in [2.75, 3.05) is 6.61 Å². The zero-order valence-electron chi connectivity index (χ0n) is 22.0. The van der Waals surface area contributed by atoms with Crippen molar-refractivity contribution < 1.29 is 9.53 Å². The van der Waals surface area contributed by atoms with Crippen molar-refractivity contribution in [2.24, 2.45) is 4.99 Å². The van der Waals surface area contributed by atoms with Crippen LogP contribution in [-0.4, -0.2) is 21.7 Å². The second-order valence-corrected chi connectivity index (χ2v) is 10.8. The van der Waals surface area contributed by atoms with Crippen LogP contribution in [0.15, 0.2) is 100 Å². The van der Waals surface area contributed by atoms with Crippen LogP contribution >= 0.6 is 22.9 Å². The molecule has 1 atom stereocenters. The van der Waals surface area contributed by atoms with Crippen LogP contribution in [0, 0.1) is 0 Å². The standard InChI is InChI=1S/C32H26ClN3O3S/c1-3-35-19-22(24-12-8-9-13-25(24)35)18-26-30(37)36-29(21-14-16-23(33)17-15-21)27(31(38)39-4-2)28(34-32(36)40-26)20-10-6-5-7-11-20/h5-19,29H,3-4H2,1-2H3/b26-18-/t29-/m1/s1. The van der Waals surface area contributed by atoms with E-state index in [9.17, 15) is 9.59 Å². The molecular formula is C32H26ClN3O3S. The smallest absolute Gasteiger partial charge is 0.338 e. The Labute approximate surface area is 239 Å². The van der Waals surface area contributed by atoms with E-state index in [1.165, 1.54) is 11.3 Å². The lowest BCUT2D eigenvalue weighted by Gasteiger charge is -2.25. The molecule has 0 fully saturated rings. The van der Waals surface area contributed by atoms with Crippen molar-refractivity contribution >= 4 is 51.6 Å². The molecule has 8 heteroatoms. The van der Waals surface area contributed by atoms with Crippen molar-refractivity contribution in [3.8, 4) is 0 Å². The van der Waals surface area contributed by atoms with Gasteiger partial charge in [0.15, 0.2) is 4.80 Å². The third kappa shape index (κ3) is 4.51. The third-order valence-corrected chi connectivity index (χ3v) is 8.24. The molecule has 0 saturated carbocycles. The quantitative estimate of drug-likeness (QED) is 0.252. The first-order valence-corrected chi connectivity index (χ1v) is 14.3. The normalized spacial score (nSPS) is 15.3. The number of hydrogen-bond acceptors (Lipinski definition) is 5. The van der Waals surface area contributed by atoms with Gasteiger partial charge >= 0.3 is 5.97 Å². The van der Waals surface area contributed by atoms with Crippen molar-refractivity contribution in [3.05, 3.63) is 132 Å². The first-order valence-electron chi connectivity index (χ1n) is 13.1. The molecule has 0 radical (unpaired) electrons. The zero-order chi connectivity index (χ0) is 27.8. The summed E-state index contributed by atoms with van der Waals surface area (Å²) in [6.07, 6.45) is 3.99. The Bertz CT molecular complexity index is 1950. The number of fused-ring (bicyclic) bond motifs is 2. The van der Waals surface area contributed by atoms with E-state index in [1.807, 2.05) is 60.7 Å². The van der Waals surface area contributed by atoms with Crippen molar-refractivity contribution in [2.45, 2.75) is 26.4 Å². The zero-order valence-corrected chi connectivity index (χ0v) is 23.6. The molecule has 0 amide bonds. The Morgan fingerprint density at radius 2 is 1.75 bits per heavy atom. The predicted octanol–water partition coefficient (Wildman–Crippen LogP) is 5.56. The highest BCUT2D eigenvalue weighted by Gasteiger charge is 2.35. The van der Waals surface area contributed by atoms with Crippen LogP contribution in [0.3, 0.4) is 0 Å². The first-order chi connectivity index (χ1) is 19.5. The number of nitrogens with zero attached hydrogens (tertiary/aromatic N) is 3. The molecule has 0 N–H and O–H groups in total. The van der Waals surface area contributed by atoms with Crippen LogP contribution in [0.25, 0.3) is 22.7 Å². The van der Waals surface area contributed by atoms with E-state index in [2.05, 4.69) is 29.8 Å².